The van der Waals surface area contributed by atoms with Gasteiger partial charge in [0.05, 0.1) is 11.2 Å². The van der Waals surface area contributed by atoms with E-state index in [1.807, 2.05) is 36.6 Å². The third kappa shape index (κ3) is 1.78. The average molecular weight is 257 g/mol. The highest BCUT2D eigenvalue weighted by atomic mass is 32.1. The molecule has 1 aromatic carbocycles. The molecule has 0 saturated carbocycles. The summed E-state index contributed by atoms with van der Waals surface area (Å²) in [6.07, 6.45) is 1.50. The van der Waals surface area contributed by atoms with Crippen molar-refractivity contribution in [2.75, 3.05) is 5.73 Å². The molecule has 0 aliphatic carbocycles. The largest absolute Gasteiger partial charge is 0.435 e. The van der Waals surface area contributed by atoms with E-state index < -0.39 is 0 Å². The number of anilines is 1. The number of ether oxygens (including phenoxy) is 1. The number of para-hydroxylation sites is 1. The summed E-state index contributed by atoms with van der Waals surface area (Å²) in [5.41, 5.74) is 8.50. The van der Waals surface area contributed by atoms with Crippen LogP contribution >= 0.6 is 11.3 Å². The molecular weight excluding hydrogens is 246 g/mol. The topological polar surface area (TPSA) is 61.0 Å². The molecule has 0 aliphatic heterocycles. The third-order valence-corrected chi connectivity index (χ3v) is 3.59. The first-order valence-corrected chi connectivity index (χ1v) is 6.35. The zero-order valence-corrected chi connectivity index (χ0v) is 10.6. The van der Waals surface area contributed by atoms with E-state index in [0.717, 1.165) is 15.8 Å². The molecule has 0 fully saturated rings. The van der Waals surface area contributed by atoms with Crippen LogP contribution in [-0.4, -0.2) is 9.97 Å². The van der Waals surface area contributed by atoms with Crippen molar-refractivity contribution in [1.82, 2.24) is 9.97 Å². The number of hydrogen-bond donors (Lipinski definition) is 1. The van der Waals surface area contributed by atoms with E-state index in [9.17, 15) is 0 Å². The average Bonchev–Trinajstić information content (AvgIpc) is 2.84. The van der Waals surface area contributed by atoms with Crippen LogP contribution in [0.4, 0.5) is 5.69 Å². The van der Waals surface area contributed by atoms with Crippen molar-refractivity contribution in [3.63, 3.8) is 0 Å². The fraction of sp³-hybridized carbons (Fsp3) is 0.0769. The van der Waals surface area contributed by atoms with Gasteiger partial charge in [-0.1, -0.05) is 12.1 Å². The smallest absolute Gasteiger partial charge is 0.240 e. The molecule has 3 aromatic rings. The molecule has 90 valence electrons. The molecule has 18 heavy (non-hydrogen) atoms. The highest BCUT2D eigenvalue weighted by molar-refractivity contribution is 7.17. The van der Waals surface area contributed by atoms with Crippen LogP contribution in [0.25, 0.3) is 10.2 Å². The molecule has 4 nitrogen and oxygen atoms in total. The van der Waals surface area contributed by atoms with Gasteiger partial charge in [0.25, 0.3) is 0 Å². The summed E-state index contributed by atoms with van der Waals surface area (Å²) in [6.45, 7) is 1.95. The molecule has 2 heterocycles. The quantitative estimate of drug-likeness (QED) is 0.715. The number of benzene rings is 1. The molecule has 3 rings (SSSR count). The van der Waals surface area contributed by atoms with Gasteiger partial charge < -0.3 is 10.5 Å². The number of rotatable bonds is 2. The van der Waals surface area contributed by atoms with Gasteiger partial charge >= 0.3 is 0 Å². The lowest BCUT2D eigenvalue weighted by Crippen LogP contribution is -1.96. The van der Waals surface area contributed by atoms with E-state index in [1.54, 1.807) is 11.3 Å². The first kappa shape index (κ1) is 11.0. The molecule has 0 bridgehead atoms. The Morgan fingerprint density at radius 3 is 3.00 bits per heavy atom. The summed E-state index contributed by atoms with van der Waals surface area (Å²) in [5.74, 6) is 1.18. The predicted molar refractivity (Wildman–Crippen MR) is 73.1 cm³/mol. The van der Waals surface area contributed by atoms with Gasteiger partial charge in [0, 0.05) is 0 Å². The minimum atomic E-state index is 0.548. The summed E-state index contributed by atoms with van der Waals surface area (Å²) in [5, 5.41) is 1.96. The zero-order chi connectivity index (χ0) is 12.5. The van der Waals surface area contributed by atoms with Gasteiger partial charge in [-0.15, -0.1) is 11.3 Å². The first-order valence-electron chi connectivity index (χ1n) is 5.47. The molecular formula is C13H11N3OS. The predicted octanol–water partition coefficient (Wildman–Crippen LogP) is 3.37. The van der Waals surface area contributed by atoms with E-state index in [2.05, 4.69) is 9.97 Å². The van der Waals surface area contributed by atoms with Gasteiger partial charge in [-0.2, -0.15) is 0 Å². The first-order chi connectivity index (χ1) is 8.75. The normalized spacial score (nSPS) is 10.7. The molecule has 0 aliphatic rings. The third-order valence-electron chi connectivity index (χ3n) is 2.70. The summed E-state index contributed by atoms with van der Waals surface area (Å²) < 4.78 is 6.72. The number of nitrogens with zero attached hydrogens (tertiary/aromatic N) is 2. The van der Waals surface area contributed by atoms with Gasteiger partial charge in [-0.05, 0) is 30.0 Å². The molecule has 0 atom stereocenters. The second kappa shape index (κ2) is 4.27. The maximum absolute atomic E-state index is 5.98. The Morgan fingerprint density at radius 1 is 1.22 bits per heavy atom. The highest BCUT2D eigenvalue weighted by Crippen LogP contribution is 2.33. The summed E-state index contributed by atoms with van der Waals surface area (Å²) in [4.78, 5) is 8.34. The van der Waals surface area contributed by atoms with Crippen molar-refractivity contribution in [3.05, 3.63) is 41.5 Å². The van der Waals surface area contributed by atoms with Crippen LogP contribution < -0.4 is 10.5 Å². The van der Waals surface area contributed by atoms with Gasteiger partial charge in [0.2, 0.25) is 5.88 Å². The van der Waals surface area contributed by atoms with Crippen molar-refractivity contribution in [3.8, 4) is 11.6 Å². The molecule has 0 radical (unpaired) electrons. The lowest BCUT2D eigenvalue weighted by Gasteiger charge is -2.09. The number of nitrogens with two attached hydrogens (primary N) is 1. The zero-order valence-electron chi connectivity index (χ0n) is 9.75. The Morgan fingerprint density at radius 2 is 2.11 bits per heavy atom. The van der Waals surface area contributed by atoms with Gasteiger partial charge in [0.1, 0.15) is 11.0 Å². The monoisotopic (exact) mass is 257 g/mol. The number of aryl methyl sites for hydroxylation is 1. The van der Waals surface area contributed by atoms with Gasteiger partial charge in [0.15, 0.2) is 5.75 Å². The fourth-order valence-electron chi connectivity index (χ4n) is 1.69. The summed E-state index contributed by atoms with van der Waals surface area (Å²) in [6, 6.07) is 7.63. The van der Waals surface area contributed by atoms with Crippen LogP contribution in [0.15, 0.2) is 36.0 Å². The van der Waals surface area contributed by atoms with Gasteiger partial charge in [-0.25, -0.2) is 9.97 Å². The van der Waals surface area contributed by atoms with Crippen molar-refractivity contribution >= 4 is 27.2 Å². The van der Waals surface area contributed by atoms with Crippen molar-refractivity contribution < 1.29 is 4.74 Å². The van der Waals surface area contributed by atoms with Crippen LogP contribution in [0.5, 0.6) is 11.6 Å². The van der Waals surface area contributed by atoms with Gasteiger partial charge in [-0.3, -0.25) is 0 Å². The van der Waals surface area contributed by atoms with Crippen molar-refractivity contribution in [1.29, 1.82) is 0 Å². The molecule has 5 heteroatoms. The molecule has 0 spiro atoms. The van der Waals surface area contributed by atoms with Crippen molar-refractivity contribution in [2.24, 2.45) is 0 Å². The van der Waals surface area contributed by atoms with Crippen molar-refractivity contribution in [2.45, 2.75) is 6.92 Å². The Hall–Kier alpha value is -2.14. The molecule has 0 unspecified atom stereocenters. The Labute approximate surface area is 108 Å². The maximum Gasteiger partial charge on any atom is 0.240 e. The van der Waals surface area contributed by atoms with E-state index in [-0.39, 0.29) is 0 Å². The van der Waals surface area contributed by atoms with Crippen LogP contribution in [0.1, 0.15) is 5.56 Å². The summed E-state index contributed by atoms with van der Waals surface area (Å²) in [7, 11) is 0. The Kier molecular flexibility index (Phi) is 2.60. The van der Waals surface area contributed by atoms with Crippen LogP contribution in [0.2, 0.25) is 0 Å². The number of fused-ring (bicyclic) bond motifs is 1. The SMILES string of the molecule is Cc1cccc(Oc2ncnc3ccsc23)c1N. The van der Waals surface area contributed by atoms with E-state index in [0.29, 0.717) is 17.3 Å². The second-order valence-electron chi connectivity index (χ2n) is 3.90. The fourth-order valence-corrected chi connectivity index (χ4v) is 2.46. The molecule has 2 N–H and O–H groups in total. The number of aromatic nitrogens is 2. The van der Waals surface area contributed by atoms with E-state index in [4.69, 9.17) is 10.5 Å². The van der Waals surface area contributed by atoms with E-state index >= 15 is 0 Å². The molecule has 0 saturated heterocycles. The minimum Gasteiger partial charge on any atom is -0.435 e. The highest BCUT2D eigenvalue weighted by Gasteiger charge is 2.09. The molecule has 0 amide bonds. The lowest BCUT2D eigenvalue weighted by molar-refractivity contribution is 0.471. The number of nitrogen functional groups attached to an aromatic ring is 1. The lowest BCUT2D eigenvalue weighted by atomic mass is 10.2. The van der Waals surface area contributed by atoms with Crippen LogP contribution in [-0.2, 0) is 0 Å². The standard InChI is InChI=1S/C13H11N3OS/c1-8-3-2-4-10(11(8)14)17-13-12-9(5-6-18-12)15-7-16-13/h2-7H,14H2,1H3. The van der Waals surface area contributed by atoms with E-state index in [1.165, 1.54) is 6.33 Å². The molecule has 2 aromatic heterocycles. The van der Waals surface area contributed by atoms with Crippen LogP contribution in [0.3, 0.4) is 0 Å². The maximum atomic E-state index is 5.98. The van der Waals surface area contributed by atoms with Crippen LogP contribution in [0, 0.1) is 6.92 Å². The number of hydrogen-bond acceptors (Lipinski definition) is 5. The second-order valence-corrected chi connectivity index (χ2v) is 4.82. The summed E-state index contributed by atoms with van der Waals surface area (Å²) >= 11 is 1.55. The Balaban J connectivity index is 2.06. The Bertz CT molecular complexity index is 708. The number of thiophene rings is 1. The minimum absolute atomic E-state index is 0.548.